The van der Waals surface area contributed by atoms with Crippen LogP contribution < -0.4 is 15.8 Å². The topological polar surface area (TPSA) is 105 Å². The second-order valence-corrected chi connectivity index (χ2v) is 8.47. The molecule has 8 heteroatoms. The largest absolute Gasteiger partial charge is 0.463 e. The summed E-state index contributed by atoms with van der Waals surface area (Å²) >= 11 is 0. The summed E-state index contributed by atoms with van der Waals surface area (Å²) in [5.74, 6) is 0.331. The molecule has 1 atom stereocenters. The molecule has 0 amide bonds. The van der Waals surface area contributed by atoms with Crippen LogP contribution in [0.5, 0.6) is 6.01 Å². The van der Waals surface area contributed by atoms with Crippen LogP contribution in [0, 0.1) is 11.3 Å². The lowest BCUT2D eigenvalue weighted by Gasteiger charge is -2.31. The quantitative estimate of drug-likeness (QED) is 0.526. The second kappa shape index (κ2) is 9.98. The highest BCUT2D eigenvalue weighted by Gasteiger charge is 2.17. The van der Waals surface area contributed by atoms with Gasteiger partial charge in [-0.1, -0.05) is 37.6 Å². The van der Waals surface area contributed by atoms with Crippen LogP contribution in [0.4, 0.5) is 5.82 Å². The first-order valence-corrected chi connectivity index (χ1v) is 11.3. The maximum Gasteiger partial charge on any atom is 0.320 e. The summed E-state index contributed by atoms with van der Waals surface area (Å²) in [5.41, 5.74) is 9.67. The first-order chi connectivity index (χ1) is 15.6. The number of hydrogen-bond donors (Lipinski definition) is 2. The zero-order valence-corrected chi connectivity index (χ0v) is 18.8. The number of nitrogen functional groups attached to an aromatic ring is 1. The molecule has 4 rings (SSSR count). The predicted octanol–water partition coefficient (Wildman–Crippen LogP) is 2.91. The van der Waals surface area contributed by atoms with E-state index in [2.05, 4.69) is 64.4 Å². The molecule has 1 saturated heterocycles. The van der Waals surface area contributed by atoms with Crippen molar-refractivity contribution in [3.8, 4) is 12.1 Å². The number of benzene rings is 1. The van der Waals surface area contributed by atoms with E-state index >= 15 is 0 Å². The average Bonchev–Trinajstić information content (AvgIpc) is 3.13. The summed E-state index contributed by atoms with van der Waals surface area (Å²) < 4.78 is 7.55. The van der Waals surface area contributed by atoms with E-state index in [-0.39, 0.29) is 6.01 Å². The van der Waals surface area contributed by atoms with Crippen molar-refractivity contribution in [2.75, 3.05) is 32.0 Å². The lowest BCUT2D eigenvalue weighted by atomic mass is 10.1. The fourth-order valence-corrected chi connectivity index (χ4v) is 4.10. The molecule has 1 aliphatic rings. The number of rotatable bonds is 8. The van der Waals surface area contributed by atoms with Gasteiger partial charge >= 0.3 is 6.01 Å². The number of unbranched alkanes of at least 4 members (excludes halogenated alkanes) is 1. The standard InChI is InChI=1S/C24H31N7O/c1-3-4-11-32-24-28-22(26)21-12-20(13-25)31(23(21)29-24)16-19-7-5-18(6-8-19)15-30-10-9-27-17(2)14-30/h5-8,12,17,27H,3-4,9-11,14-16H2,1-2H3,(H2,26,28,29)/t17-/m1/s1. The maximum atomic E-state index is 9.68. The third-order valence-corrected chi connectivity index (χ3v) is 5.83. The van der Waals surface area contributed by atoms with Crippen molar-refractivity contribution in [3.05, 3.63) is 47.2 Å². The fourth-order valence-electron chi connectivity index (χ4n) is 4.10. The molecule has 0 aliphatic carbocycles. The number of nitriles is 1. The number of piperazine rings is 1. The van der Waals surface area contributed by atoms with Crippen LogP contribution in [0.2, 0.25) is 0 Å². The van der Waals surface area contributed by atoms with Crippen LogP contribution in [-0.2, 0) is 13.1 Å². The van der Waals surface area contributed by atoms with Gasteiger partial charge in [-0.15, -0.1) is 0 Å². The highest BCUT2D eigenvalue weighted by Crippen LogP contribution is 2.26. The average molecular weight is 434 g/mol. The molecule has 0 saturated carbocycles. The van der Waals surface area contributed by atoms with Gasteiger partial charge in [0.25, 0.3) is 0 Å². The molecule has 1 aromatic carbocycles. The minimum Gasteiger partial charge on any atom is -0.463 e. The Hall–Kier alpha value is -3.15. The Morgan fingerprint density at radius 1 is 1.22 bits per heavy atom. The van der Waals surface area contributed by atoms with E-state index in [1.807, 2.05) is 4.57 Å². The third-order valence-electron chi connectivity index (χ3n) is 5.83. The summed E-state index contributed by atoms with van der Waals surface area (Å²) in [5, 5.41) is 13.8. The molecule has 8 nitrogen and oxygen atoms in total. The zero-order chi connectivity index (χ0) is 22.5. The summed E-state index contributed by atoms with van der Waals surface area (Å²) in [4.78, 5) is 11.3. The van der Waals surface area contributed by atoms with Gasteiger partial charge in [0.15, 0.2) is 5.65 Å². The molecular formula is C24H31N7O. The van der Waals surface area contributed by atoms with Crippen molar-refractivity contribution in [1.29, 1.82) is 5.26 Å². The van der Waals surface area contributed by atoms with Gasteiger partial charge in [0.05, 0.1) is 18.5 Å². The van der Waals surface area contributed by atoms with Gasteiger partial charge in [0, 0.05) is 32.2 Å². The third kappa shape index (κ3) is 5.01. The van der Waals surface area contributed by atoms with Gasteiger partial charge in [0.1, 0.15) is 17.6 Å². The number of ether oxygens (including phenoxy) is 1. The maximum absolute atomic E-state index is 9.68. The number of aromatic nitrogens is 3. The Labute approximate surface area is 189 Å². The molecule has 168 valence electrons. The molecule has 3 aromatic rings. The van der Waals surface area contributed by atoms with Crippen LogP contribution in [0.1, 0.15) is 43.5 Å². The van der Waals surface area contributed by atoms with E-state index in [1.165, 1.54) is 5.56 Å². The fraction of sp³-hybridized carbons (Fsp3) is 0.458. The van der Waals surface area contributed by atoms with E-state index in [4.69, 9.17) is 10.5 Å². The number of anilines is 1. The summed E-state index contributed by atoms with van der Waals surface area (Å²) in [6, 6.07) is 13.4. The van der Waals surface area contributed by atoms with E-state index in [0.717, 1.165) is 44.6 Å². The van der Waals surface area contributed by atoms with Crippen LogP contribution in [0.25, 0.3) is 11.0 Å². The van der Waals surface area contributed by atoms with Crippen molar-refractivity contribution in [2.45, 2.75) is 45.8 Å². The highest BCUT2D eigenvalue weighted by atomic mass is 16.5. The number of nitrogens with zero attached hydrogens (tertiary/aromatic N) is 5. The minimum atomic E-state index is 0.257. The normalized spacial score (nSPS) is 16.8. The van der Waals surface area contributed by atoms with Crippen LogP contribution in [-0.4, -0.2) is 51.7 Å². The number of fused-ring (bicyclic) bond motifs is 1. The Morgan fingerprint density at radius 3 is 2.66 bits per heavy atom. The number of nitrogens with one attached hydrogen (secondary N) is 1. The summed E-state index contributed by atoms with van der Waals surface area (Å²) in [7, 11) is 0. The van der Waals surface area contributed by atoms with Gasteiger partial charge in [-0.25, -0.2) is 0 Å². The molecule has 3 N–H and O–H groups in total. The molecule has 0 radical (unpaired) electrons. The molecule has 32 heavy (non-hydrogen) atoms. The van der Waals surface area contributed by atoms with E-state index < -0.39 is 0 Å². The molecule has 1 aliphatic heterocycles. The van der Waals surface area contributed by atoms with Crippen molar-refractivity contribution in [2.24, 2.45) is 0 Å². The van der Waals surface area contributed by atoms with Crippen LogP contribution >= 0.6 is 0 Å². The summed E-state index contributed by atoms with van der Waals surface area (Å²) in [6.07, 6.45) is 1.95. The van der Waals surface area contributed by atoms with E-state index in [1.54, 1.807) is 6.07 Å². The monoisotopic (exact) mass is 433 g/mol. The van der Waals surface area contributed by atoms with E-state index in [9.17, 15) is 5.26 Å². The zero-order valence-electron chi connectivity index (χ0n) is 18.8. The second-order valence-electron chi connectivity index (χ2n) is 8.47. The Balaban J connectivity index is 1.54. The smallest absolute Gasteiger partial charge is 0.320 e. The molecule has 0 bridgehead atoms. The van der Waals surface area contributed by atoms with Gasteiger partial charge in [0.2, 0.25) is 0 Å². The van der Waals surface area contributed by atoms with Gasteiger partial charge < -0.3 is 20.4 Å². The summed E-state index contributed by atoms with van der Waals surface area (Å²) in [6.45, 7) is 9.50. The SMILES string of the molecule is CCCCOc1nc(N)c2cc(C#N)n(Cc3ccc(CN4CCN[C@H](C)C4)cc3)c2n1. The number of nitrogens with two attached hydrogens (primary N) is 1. The predicted molar refractivity (Wildman–Crippen MR) is 125 cm³/mol. The molecule has 3 heterocycles. The number of hydrogen-bond acceptors (Lipinski definition) is 7. The van der Waals surface area contributed by atoms with Gasteiger partial charge in [-0.05, 0) is 30.5 Å². The molecule has 2 aromatic heterocycles. The Kier molecular flexibility index (Phi) is 6.88. The Morgan fingerprint density at radius 2 is 1.97 bits per heavy atom. The van der Waals surface area contributed by atoms with Gasteiger partial charge in [-0.2, -0.15) is 15.2 Å². The molecular weight excluding hydrogens is 402 g/mol. The minimum absolute atomic E-state index is 0.257. The lowest BCUT2D eigenvalue weighted by molar-refractivity contribution is 0.199. The Bertz CT molecular complexity index is 1100. The van der Waals surface area contributed by atoms with Crippen LogP contribution in [0.3, 0.4) is 0 Å². The van der Waals surface area contributed by atoms with Crippen molar-refractivity contribution in [1.82, 2.24) is 24.8 Å². The molecule has 0 spiro atoms. The molecule has 1 fully saturated rings. The lowest BCUT2D eigenvalue weighted by Crippen LogP contribution is -2.48. The molecule has 0 unspecified atom stereocenters. The van der Waals surface area contributed by atoms with Crippen LogP contribution in [0.15, 0.2) is 30.3 Å². The van der Waals surface area contributed by atoms with Crippen molar-refractivity contribution < 1.29 is 4.74 Å². The van der Waals surface area contributed by atoms with E-state index in [0.29, 0.717) is 41.7 Å². The first kappa shape index (κ1) is 22.1. The van der Waals surface area contributed by atoms with Crippen molar-refractivity contribution >= 4 is 16.9 Å². The van der Waals surface area contributed by atoms with Gasteiger partial charge in [-0.3, -0.25) is 4.90 Å². The highest BCUT2D eigenvalue weighted by molar-refractivity contribution is 5.88. The van der Waals surface area contributed by atoms with Crippen molar-refractivity contribution in [3.63, 3.8) is 0 Å². The first-order valence-electron chi connectivity index (χ1n) is 11.3.